The quantitative estimate of drug-likeness (QED) is 0.351. The molecular formula is H10CaFO5PSr. The van der Waals surface area contributed by atoms with Crippen molar-refractivity contribution in [2.75, 3.05) is 0 Å². The van der Waals surface area contributed by atoms with Crippen molar-refractivity contribution >= 4 is 91.0 Å². The zero-order valence-electron chi connectivity index (χ0n) is 8.52. The number of rotatable bonds is 0. The van der Waals surface area contributed by atoms with E-state index in [1.165, 1.54) is 0 Å². The van der Waals surface area contributed by atoms with Gasteiger partial charge < -0.3 is 25.9 Å². The molecule has 56 valence electrons. The second kappa shape index (κ2) is 13.3. The van der Waals surface area contributed by atoms with Crippen LogP contribution in [0.15, 0.2) is 0 Å². The van der Waals surface area contributed by atoms with E-state index in [9.17, 15) is 0 Å². The maximum atomic E-state index is 8.88. The molecule has 9 heavy (non-hydrogen) atoms. The number of hydrogen-bond acceptors (Lipinski definition) is 1. The molecule has 5 nitrogen and oxygen atoms in total. The second-order valence-corrected chi connectivity index (χ2v) is 1.54. The Morgan fingerprint density at radius 3 is 1.22 bits per heavy atom. The average Bonchev–Trinajstić information content (AvgIpc) is 0.722. The standard InChI is InChI=1S/Ca.FH.H3O4P.H2O.Sr.4H/c;;1-5(2,3)4;;;;;;/h;1H;(H3,1,2,3,4);1H2;;;;;/q+2;;;;+2;4*-1. The molecule has 0 aromatic carbocycles. The molecule has 0 aliphatic carbocycles. The third-order valence-corrected chi connectivity index (χ3v) is 0. The van der Waals surface area contributed by atoms with Crippen molar-refractivity contribution in [3.63, 3.8) is 0 Å². The van der Waals surface area contributed by atoms with Gasteiger partial charge in [0.05, 0.1) is 0 Å². The molecule has 0 saturated carbocycles. The third-order valence-electron chi connectivity index (χ3n) is 0. The summed E-state index contributed by atoms with van der Waals surface area (Å²) in [6, 6.07) is 0. The van der Waals surface area contributed by atoms with E-state index in [1.54, 1.807) is 0 Å². The summed E-state index contributed by atoms with van der Waals surface area (Å²) < 4.78 is 8.88. The first-order valence-electron chi connectivity index (χ1n) is 0.783. The maximum absolute atomic E-state index is 8.88. The van der Waals surface area contributed by atoms with Gasteiger partial charge in [-0.15, -0.1) is 0 Å². The first-order chi connectivity index (χ1) is 2.00. The summed E-state index contributed by atoms with van der Waals surface area (Å²) in [5.74, 6) is 0. The fourth-order valence-corrected chi connectivity index (χ4v) is 0. The van der Waals surface area contributed by atoms with Crippen LogP contribution in [-0.4, -0.2) is 103 Å². The normalized spacial score (nSPS) is 6.56. The molecule has 0 unspecified atom stereocenters. The van der Waals surface area contributed by atoms with Crippen molar-refractivity contribution in [1.29, 1.82) is 0 Å². The van der Waals surface area contributed by atoms with E-state index in [1.807, 2.05) is 0 Å². The van der Waals surface area contributed by atoms with Crippen LogP contribution in [0.2, 0.25) is 0 Å². The van der Waals surface area contributed by atoms with E-state index < -0.39 is 7.82 Å². The first kappa shape index (κ1) is 29.8. The van der Waals surface area contributed by atoms with Gasteiger partial charge in [-0.25, -0.2) is 4.57 Å². The molecule has 0 rings (SSSR count). The van der Waals surface area contributed by atoms with Gasteiger partial charge in [0.2, 0.25) is 0 Å². The molecule has 0 bridgehead atoms. The molecule has 0 saturated heterocycles. The minimum Gasteiger partial charge on any atom is -1.00 e. The van der Waals surface area contributed by atoms with Gasteiger partial charge in [-0.05, 0) is 0 Å². The maximum Gasteiger partial charge on any atom is 2.00 e. The van der Waals surface area contributed by atoms with Crippen LogP contribution >= 0.6 is 7.82 Å². The summed E-state index contributed by atoms with van der Waals surface area (Å²) in [5.41, 5.74) is 0. The van der Waals surface area contributed by atoms with Gasteiger partial charge in [0.1, 0.15) is 0 Å². The summed E-state index contributed by atoms with van der Waals surface area (Å²) in [7, 11) is -4.64. The molecule has 0 radical (unpaired) electrons. The van der Waals surface area contributed by atoms with Crippen molar-refractivity contribution in [3.8, 4) is 0 Å². The SMILES string of the molecule is F.O.O=P(O)(O)O.[Ca+2].[H-].[H-].[H-].[H-].[Sr+2]. The molecule has 5 N–H and O–H groups in total. The summed E-state index contributed by atoms with van der Waals surface area (Å²) in [4.78, 5) is 21.6. The number of hydrogen-bond donors (Lipinski definition) is 3. The predicted molar refractivity (Wildman–Crippen MR) is 36.3 cm³/mol. The van der Waals surface area contributed by atoms with Crippen molar-refractivity contribution in [3.05, 3.63) is 0 Å². The van der Waals surface area contributed by atoms with E-state index in [-0.39, 0.29) is 99.1 Å². The van der Waals surface area contributed by atoms with Crippen LogP contribution in [0.1, 0.15) is 5.71 Å². The van der Waals surface area contributed by atoms with Gasteiger partial charge in [0, 0.05) is 0 Å². The van der Waals surface area contributed by atoms with E-state index in [4.69, 9.17) is 19.2 Å². The van der Waals surface area contributed by atoms with Gasteiger partial charge in [0.15, 0.2) is 0 Å². The van der Waals surface area contributed by atoms with Crippen LogP contribution in [-0.2, 0) is 4.57 Å². The zero-order chi connectivity index (χ0) is 4.50. The Labute approximate surface area is 124 Å². The summed E-state index contributed by atoms with van der Waals surface area (Å²) in [6.45, 7) is 0. The van der Waals surface area contributed by atoms with Crippen molar-refractivity contribution in [1.82, 2.24) is 0 Å². The Bertz CT molecular complexity index is 74.7. The van der Waals surface area contributed by atoms with Crippen LogP contribution in [0.3, 0.4) is 0 Å². The van der Waals surface area contributed by atoms with Crippen LogP contribution in [0, 0.1) is 0 Å². The largest absolute Gasteiger partial charge is 2.00 e. The molecule has 0 aromatic rings. The van der Waals surface area contributed by atoms with Gasteiger partial charge in [-0.2, -0.15) is 0 Å². The molecule has 0 fully saturated rings. The summed E-state index contributed by atoms with van der Waals surface area (Å²) in [5, 5.41) is 0. The van der Waals surface area contributed by atoms with Crippen molar-refractivity contribution < 1.29 is 35.1 Å². The minimum absolute atomic E-state index is 0. The Morgan fingerprint density at radius 2 is 1.22 bits per heavy atom. The molecule has 0 aliphatic heterocycles. The molecule has 0 aromatic heterocycles. The van der Waals surface area contributed by atoms with Crippen LogP contribution < -0.4 is 0 Å². The number of phosphoric acid groups is 1. The summed E-state index contributed by atoms with van der Waals surface area (Å²) in [6.07, 6.45) is 0. The Kier molecular flexibility index (Phi) is 44.2. The van der Waals surface area contributed by atoms with Crippen molar-refractivity contribution in [2.24, 2.45) is 0 Å². The van der Waals surface area contributed by atoms with E-state index in [2.05, 4.69) is 0 Å². The molecular weight excluding hydrogens is 258 g/mol. The predicted octanol–water partition coefficient (Wildman–Crippen LogP) is -1.91. The van der Waals surface area contributed by atoms with Crippen molar-refractivity contribution in [2.45, 2.75) is 0 Å². The molecule has 0 aliphatic rings. The summed E-state index contributed by atoms with van der Waals surface area (Å²) >= 11 is 0. The van der Waals surface area contributed by atoms with E-state index in [0.717, 1.165) is 0 Å². The van der Waals surface area contributed by atoms with E-state index in [0.29, 0.717) is 0 Å². The topological polar surface area (TPSA) is 109 Å². The third kappa shape index (κ3) is 109. The monoisotopic (exact) mass is 268 g/mol. The van der Waals surface area contributed by atoms with Crippen LogP contribution in [0.5, 0.6) is 0 Å². The van der Waals surface area contributed by atoms with Gasteiger partial charge >= 0.3 is 91.0 Å². The Balaban J connectivity index is -0.00000000286. The molecule has 0 atom stereocenters. The molecule has 0 amide bonds. The smallest absolute Gasteiger partial charge is 1.00 e. The Morgan fingerprint density at radius 1 is 1.22 bits per heavy atom. The van der Waals surface area contributed by atoms with Crippen LogP contribution in [0.25, 0.3) is 0 Å². The average molecular weight is 268 g/mol. The molecule has 0 heterocycles. The number of halogens is 1. The zero-order valence-corrected chi connectivity index (χ0v) is 11.1. The second-order valence-electron chi connectivity index (χ2n) is 0.513. The molecule has 0 spiro atoms. The van der Waals surface area contributed by atoms with Crippen LogP contribution in [0.4, 0.5) is 4.70 Å². The minimum atomic E-state index is -4.64. The Hall–Kier alpha value is 2.74. The van der Waals surface area contributed by atoms with Gasteiger partial charge in [-0.1, -0.05) is 0 Å². The van der Waals surface area contributed by atoms with Gasteiger partial charge in [0.25, 0.3) is 0 Å². The fraction of sp³-hybridized carbons (Fsp3) is 0. The fourth-order valence-electron chi connectivity index (χ4n) is 0. The van der Waals surface area contributed by atoms with Gasteiger partial charge in [-0.3, -0.25) is 4.70 Å². The molecule has 9 heteroatoms. The first-order valence-corrected chi connectivity index (χ1v) is 2.35. The van der Waals surface area contributed by atoms with E-state index >= 15 is 0 Å².